The number of likely N-dealkylation sites (tertiary alicyclic amines) is 1. The SMILES string of the molecule is O=C(N[C@@H]1CCCC[C@@H]1C(=O)Nc1ccc(-c2ccccc2CN2CCC(O)C2)cc1)c1cc2ccc(Cl)nc2s1. The second kappa shape index (κ2) is 12.3. The Balaban J connectivity index is 1.11. The molecule has 1 aliphatic carbocycles. The highest BCUT2D eigenvalue weighted by molar-refractivity contribution is 7.20. The number of benzene rings is 2. The van der Waals surface area contributed by atoms with Crippen LogP contribution in [0, 0.1) is 5.92 Å². The number of halogens is 1. The maximum absolute atomic E-state index is 13.4. The fraction of sp³-hybridized carbons (Fsp3) is 0.344. The second-order valence-corrected chi connectivity index (χ2v) is 12.4. The number of aromatic nitrogens is 1. The van der Waals surface area contributed by atoms with Gasteiger partial charge in [0.05, 0.1) is 16.9 Å². The van der Waals surface area contributed by atoms with Crippen LogP contribution >= 0.6 is 22.9 Å². The lowest BCUT2D eigenvalue weighted by molar-refractivity contribution is -0.121. The molecular weight excluding hydrogens is 556 g/mol. The van der Waals surface area contributed by atoms with Crippen molar-refractivity contribution in [1.29, 1.82) is 0 Å². The standard InChI is InChI=1S/C32H33ClN4O3S/c33-29-14-11-21-17-28(41-32(21)36-29)31(40)35-27-8-4-3-7-26(27)30(39)34-23-12-9-20(10-13-23)25-6-2-1-5-22(25)18-37-16-15-24(38)19-37/h1-2,5-6,9-14,17,24,26-27,38H,3-4,7-8,15-16,18-19H2,(H,34,39)(H,35,40)/t24?,26-,27+/m0/s1. The summed E-state index contributed by atoms with van der Waals surface area (Å²) in [5, 5.41) is 17.4. The molecule has 212 valence electrons. The average Bonchev–Trinajstić information content (AvgIpc) is 3.59. The van der Waals surface area contributed by atoms with E-state index in [1.165, 1.54) is 16.9 Å². The predicted molar refractivity (Wildman–Crippen MR) is 164 cm³/mol. The molecule has 3 atom stereocenters. The first kappa shape index (κ1) is 27.8. The molecule has 3 N–H and O–H groups in total. The van der Waals surface area contributed by atoms with Gasteiger partial charge in [-0.2, -0.15) is 0 Å². The van der Waals surface area contributed by atoms with Crippen molar-refractivity contribution in [2.75, 3.05) is 18.4 Å². The van der Waals surface area contributed by atoms with Gasteiger partial charge in [-0.3, -0.25) is 14.5 Å². The molecule has 4 aromatic rings. The quantitative estimate of drug-likeness (QED) is 0.226. The zero-order chi connectivity index (χ0) is 28.3. The van der Waals surface area contributed by atoms with Crippen molar-refractivity contribution in [3.8, 4) is 11.1 Å². The topological polar surface area (TPSA) is 94.6 Å². The first-order valence-electron chi connectivity index (χ1n) is 14.2. The Labute approximate surface area is 248 Å². The lowest BCUT2D eigenvalue weighted by Crippen LogP contribution is -2.46. The number of pyridine rings is 1. The van der Waals surface area contributed by atoms with E-state index in [1.54, 1.807) is 6.07 Å². The number of nitrogens with zero attached hydrogens (tertiary/aromatic N) is 2. The predicted octanol–water partition coefficient (Wildman–Crippen LogP) is 6.11. The number of aliphatic hydroxyl groups excluding tert-OH is 1. The second-order valence-electron chi connectivity index (χ2n) is 11.0. The molecule has 2 fully saturated rings. The van der Waals surface area contributed by atoms with Crippen LogP contribution in [0.5, 0.6) is 0 Å². The monoisotopic (exact) mass is 588 g/mol. The number of amides is 2. The third-order valence-electron chi connectivity index (χ3n) is 8.11. The summed E-state index contributed by atoms with van der Waals surface area (Å²) in [7, 11) is 0. The summed E-state index contributed by atoms with van der Waals surface area (Å²) >= 11 is 7.31. The highest BCUT2D eigenvalue weighted by Gasteiger charge is 2.32. The highest BCUT2D eigenvalue weighted by atomic mass is 35.5. The van der Waals surface area contributed by atoms with E-state index in [1.807, 2.05) is 48.5 Å². The van der Waals surface area contributed by atoms with Crippen molar-refractivity contribution in [2.45, 2.75) is 50.8 Å². The first-order chi connectivity index (χ1) is 19.9. The molecule has 41 heavy (non-hydrogen) atoms. The van der Waals surface area contributed by atoms with Crippen molar-refractivity contribution < 1.29 is 14.7 Å². The van der Waals surface area contributed by atoms with E-state index in [-0.39, 0.29) is 29.9 Å². The number of anilines is 1. The van der Waals surface area contributed by atoms with Gasteiger partial charge in [-0.15, -0.1) is 11.3 Å². The number of hydrogen-bond acceptors (Lipinski definition) is 6. The van der Waals surface area contributed by atoms with Gasteiger partial charge in [0, 0.05) is 36.7 Å². The summed E-state index contributed by atoms with van der Waals surface area (Å²) in [6, 6.07) is 21.5. The molecule has 0 bridgehead atoms. The number of rotatable bonds is 7. The summed E-state index contributed by atoms with van der Waals surface area (Å²) < 4.78 is 0. The number of fused-ring (bicyclic) bond motifs is 1. The van der Waals surface area contributed by atoms with Crippen LogP contribution in [0.2, 0.25) is 5.15 Å². The average molecular weight is 589 g/mol. The van der Waals surface area contributed by atoms with E-state index >= 15 is 0 Å². The number of thiophene rings is 1. The molecule has 7 nitrogen and oxygen atoms in total. The van der Waals surface area contributed by atoms with Gasteiger partial charge in [0.1, 0.15) is 9.98 Å². The third-order valence-corrected chi connectivity index (χ3v) is 9.37. The number of β-amino-alcohol motifs (C(OH)–C–C–N with tert-alkyl or cyclic N) is 1. The van der Waals surface area contributed by atoms with E-state index in [4.69, 9.17) is 11.6 Å². The van der Waals surface area contributed by atoms with E-state index < -0.39 is 0 Å². The van der Waals surface area contributed by atoms with Gasteiger partial charge >= 0.3 is 0 Å². The van der Waals surface area contributed by atoms with Gasteiger partial charge < -0.3 is 15.7 Å². The van der Waals surface area contributed by atoms with Gasteiger partial charge in [0.2, 0.25) is 5.91 Å². The van der Waals surface area contributed by atoms with E-state index in [9.17, 15) is 14.7 Å². The van der Waals surface area contributed by atoms with Crippen LogP contribution in [0.15, 0.2) is 66.7 Å². The minimum atomic E-state index is -0.300. The number of carbonyl (C=O) groups excluding carboxylic acids is 2. The van der Waals surface area contributed by atoms with Crippen LogP contribution < -0.4 is 10.6 Å². The summed E-state index contributed by atoms with van der Waals surface area (Å²) in [5.41, 5.74) is 4.19. The van der Waals surface area contributed by atoms with Gasteiger partial charge in [-0.1, -0.05) is 60.8 Å². The summed E-state index contributed by atoms with van der Waals surface area (Å²) in [4.78, 5) is 34.4. The van der Waals surface area contributed by atoms with Crippen LogP contribution in [0.1, 0.15) is 47.3 Å². The Morgan fingerprint density at radius 3 is 2.63 bits per heavy atom. The Morgan fingerprint density at radius 1 is 1.02 bits per heavy atom. The number of aliphatic hydroxyl groups is 1. The molecule has 1 saturated heterocycles. The van der Waals surface area contributed by atoms with Crippen molar-refractivity contribution >= 4 is 50.7 Å². The largest absolute Gasteiger partial charge is 0.392 e. The maximum atomic E-state index is 13.4. The molecule has 2 aromatic carbocycles. The lowest BCUT2D eigenvalue weighted by Gasteiger charge is -2.31. The van der Waals surface area contributed by atoms with Gasteiger partial charge in [-0.05, 0) is 66.3 Å². The first-order valence-corrected chi connectivity index (χ1v) is 15.4. The lowest BCUT2D eigenvalue weighted by atomic mass is 9.83. The summed E-state index contributed by atoms with van der Waals surface area (Å²) in [6.07, 6.45) is 4.01. The highest BCUT2D eigenvalue weighted by Crippen LogP contribution is 2.30. The molecule has 9 heteroatoms. The fourth-order valence-corrected chi connectivity index (χ4v) is 7.10. The molecule has 2 aliphatic rings. The molecule has 2 amide bonds. The zero-order valence-electron chi connectivity index (χ0n) is 22.7. The molecule has 1 unspecified atom stereocenters. The number of hydrogen-bond donors (Lipinski definition) is 3. The van der Waals surface area contributed by atoms with E-state index in [2.05, 4.69) is 32.7 Å². The van der Waals surface area contributed by atoms with Crippen LogP contribution in [0.3, 0.4) is 0 Å². The number of carbonyl (C=O) groups is 2. The molecule has 0 spiro atoms. The molecule has 1 aliphatic heterocycles. The molecule has 3 heterocycles. The molecule has 0 radical (unpaired) electrons. The van der Waals surface area contributed by atoms with Crippen molar-refractivity contribution in [3.63, 3.8) is 0 Å². The molecular formula is C32H33ClN4O3S. The smallest absolute Gasteiger partial charge is 0.261 e. The van der Waals surface area contributed by atoms with Crippen molar-refractivity contribution in [1.82, 2.24) is 15.2 Å². The third kappa shape index (κ3) is 6.46. The van der Waals surface area contributed by atoms with Gasteiger partial charge in [0.25, 0.3) is 5.91 Å². The van der Waals surface area contributed by atoms with Crippen molar-refractivity contribution in [2.24, 2.45) is 5.92 Å². The minimum Gasteiger partial charge on any atom is -0.392 e. The Kier molecular flexibility index (Phi) is 8.35. The van der Waals surface area contributed by atoms with Crippen LogP contribution in [0.4, 0.5) is 5.69 Å². The van der Waals surface area contributed by atoms with E-state index in [0.717, 1.165) is 72.2 Å². The van der Waals surface area contributed by atoms with Gasteiger partial charge in [0.15, 0.2) is 0 Å². The normalized spacial score (nSPS) is 21.2. The fourth-order valence-electron chi connectivity index (χ4n) is 5.97. The van der Waals surface area contributed by atoms with Crippen molar-refractivity contribution in [3.05, 3.63) is 82.3 Å². The minimum absolute atomic E-state index is 0.0690. The summed E-state index contributed by atoms with van der Waals surface area (Å²) in [6.45, 7) is 2.41. The molecule has 1 saturated carbocycles. The Bertz CT molecular complexity index is 1560. The van der Waals surface area contributed by atoms with Gasteiger partial charge in [-0.25, -0.2) is 4.98 Å². The Morgan fingerprint density at radius 2 is 1.83 bits per heavy atom. The number of nitrogens with one attached hydrogen (secondary N) is 2. The zero-order valence-corrected chi connectivity index (χ0v) is 24.3. The maximum Gasteiger partial charge on any atom is 0.261 e. The summed E-state index contributed by atoms with van der Waals surface area (Å²) in [5.74, 6) is -0.549. The molecule has 2 aromatic heterocycles. The van der Waals surface area contributed by atoms with Crippen LogP contribution in [0.25, 0.3) is 21.3 Å². The van der Waals surface area contributed by atoms with Crippen LogP contribution in [-0.4, -0.2) is 52.0 Å². The van der Waals surface area contributed by atoms with Crippen LogP contribution in [-0.2, 0) is 11.3 Å². The van der Waals surface area contributed by atoms with E-state index in [0.29, 0.717) is 16.6 Å². The Hall–Kier alpha value is -3.30. The molecule has 6 rings (SSSR count).